The van der Waals surface area contributed by atoms with Crippen LogP contribution >= 0.6 is 0 Å². The molecule has 3 aromatic rings. The summed E-state index contributed by atoms with van der Waals surface area (Å²) in [5.41, 5.74) is 3.69. The van der Waals surface area contributed by atoms with Crippen molar-refractivity contribution in [1.82, 2.24) is 29.2 Å². The largest absolute Gasteiger partial charge is 0.337 e. The summed E-state index contributed by atoms with van der Waals surface area (Å²) in [5.74, 6) is 1.46. The Labute approximate surface area is 165 Å². The quantitative estimate of drug-likeness (QED) is 0.700. The number of aryl methyl sites for hydroxylation is 2. The predicted octanol–water partition coefficient (Wildman–Crippen LogP) is 2.62. The molecule has 1 unspecified atom stereocenters. The fourth-order valence-electron chi connectivity index (χ4n) is 3.88. The summed E-state index contributed by atoms with van der Waals surface area (Å²) in [7, 11) is 3.84. The fraction of sp³-hybridized carbons (Fsp3) is 0.429. The second-order valence-electron chi connectivity index (χ2n) is 7.64. The summed E-state index contributed by atoms with van der Waals surface area (Å²) < 4.78 is 3.72. The molecule has 28 heavy (non-hydrogen) atoms. The molecule has 0 N–H and O–H groups in total. The Morgan fingerprint density at radius 3 is 2.68 bits per heavy atom. The van der Waals surface area contributed by atoms with Crippen LogP contribution in [0, 0.1) is 12.8 Å². The van der Waals surface area contributed by atoms with E-state index >= 15 is 0 Å². The van der Waals surface area contributed by atoms with Crippen molar-refractivity contribution in [1.29, 1.82) is 0 Å². The lowest BCUT2D eigenvalue weighted by Gasteiger charge is -2.32. The first-order valence-electron chi connectivity index (χ1n) is 9.74. The fourth-order valence-corrected chi connectivity index (χ4v) is 3.88. The third-order valence-corrected chi connectivity index (χ3v) is 5.57. The van der Waals surface area contributed by atoms with Crippen molar-refractivity contribution in [3.63, 3.8) is 0 Å². The van der Waals surface area contributed by atoms with Crippen molar-refractivity contribution in [3.05, 3.63) is 53.9 Å². The van der Waals surface area contributed by atoms with E-state index in [0.29, 0.717) is 11.6 Å². The van der Waals surface area contributed by atoms with Gasteiger partial charge in [0.1, 0.15) is 11.5 Å². The van der Waals surface area contributed by atoms with Crippen LogP contribution in [0.4, 0.5) is 0 Å². The number of rotatable bonds is 4. The molecule has 1 saturated heterocycles. The minimum atomic E-state index is 0.0327. The number of pyridine rings is 1. The van der Waals surface area contributed by atoms with Crippen molar-refractivity contribution < 1.29 is 4.79 Å². The van der Waals surface area contributed by atoms with E-state index in [1.54, 1.807) is 10.7 Å². The van der Waals surface area contributed by atoms with Gasteiger partial charge >= 0.3 is 0 Å². The Morgan fingerprint density at radius 1 is 1.18 bits per heavy atom. The molecular formula is C21H26N6O. The van der Waals surface area contributed by atoms with E-state index in [1.807, 2.05) is 49.1 Å². The molecule has 0 saturated carbocycles. The average molecular weight is 378 g/mol. The van der Waals surface area contributed by atoms with Crippen LogP contribution in [-0.2, 0) is 20.5 Å². The maximum Gasteiger partial charge on any atom is 0.274 e. The van der Waals surface area contributed by atoms with Crippen LogP contribution in [-0.4, -0.2) is 48.2 Å². The van der Waals surface area contributed by atoms with E-state index in [4.69, 9.17) is 0 Å². The number of amides is 1. The van der Waals surface area contributed by atoms with E-state index in [9.17, 15) is 4.79 Å². The number of nitrogens with zero attached hydrogens (tertiary/aromatic N) is 6. The van der Waals surface area contributed by atoms with Gasteiger partial charge in [0.2, 0.25) is 0 Å². The molecule has 3 aromatic heterocycles. The first-order chi connectivity index (χ1) is 13.5. The normalized spacial score (nSPS) is 17.1. The van der Waals surface area contributed by atoms with Crippen LogP contribution in [0.15, 0.2) is 36.8 Å². The molecule has 0 aromatic carbocycles. The van der Waals surface area contributed by atoms with E-state index < -0.39 is 0 Å². The molecule has 1 aliphatic rings. The van der Waals surface area contributed by atoms with E-state index in [2.05, 4.69) is 27.2 Å². The summed E-state index contributed by atoms with van der Waals surface area (Å²) in [4.78, 5) is 23.6. The molecule has 4 rings (SSSR count). The minimum Gasteiger partial charge on any atom is -0.337 e. The molecular weight excluding hydrogens is 352 g/mol. The van der Waals surface area contributed by atoms with Gasteiger partial charge in [-0.1, -0.05) is 6.07 Å². The zero-order chi connectivity index (χ0) is 19.7. The molecule has 146 valence electrons. The Bertz CT molecular complexity index is 971. The van der Waals surface area contributed by atoms with Gasteiger partial charge in [0.05, 0.1) is 17.6 Å². The number of hydrogen-bond donors (Lipinski definition) is 0. The number of imidazole rings is 1. The average Bonchev–Trinajstić information content (AvgIpc) is 3.28. The molecule has 1 aliphatic heterocycles. The predicted molar refractivity (Wildman–Crippen MR) is 107 cm³/mol. The highest BCUT2D eigenvalue weighted by molar-refractivity contribution is 5.92. The number of carbonyl (C=O) groups is 1. The standard InChI is InChI=1S/C21H26N6O/c1-15-22-13-20(26(15)3)18-7-6-16(12-23-18)11-17-5-4-9-27(14-17)21(28)19-8-10-25(2)24-19/h6-8,10,12-13,17H,4-5,9,11,14H2,1-3H3. The summed E-state index contributed by atoms with van der Waals surface area (Å²) in [6.45, 7) is 3.57. The third kappa shape index (κ3) is 3.69. The van der Waals surface area contributed by atoms with Gasteiger partial charge in [-0.15, -0.1) is 0 Å². The second-order valence-corrected chi connectivity index (χ2v) is 7.64. The third-order valence-electron chi connectivity index (χ3n) is 5.57. The lowest BCUT2D eigenvalue weighted by molar-refractivity contribution is 0.0666. The Balaban J connectivity index is 1.41. The molecule has 0 radical (unpaired) electrons. The van der Waals surface area contributed by atoms with E-state index in [1.165, 1.54) is 5.56 Å². The first kappa shape index (κ1) is 18.4. The Hall–Kier alpha value is -2.96. The van der Waals surface area contributed by atoms with Crippen molar-refractivity contribution in [2.75, 3.05) is 13.1 Å². The molecule has 7 nitrogen and oxygen atoms in total. The van der Waals surface area contributed by atoms with Crippen LogP contribution < -0.4 is 0 Å². The van der Waals surface area contributed by atoms with Crippen molar-refractivity contribution >= 4 is 5.91 Å². The zero-order valence-electron chi connectivity index (χ0n) is 16.7. The number of aromatic nitrogens is 5. The number of hydrogen-bond acceptors (Lipinski definition) is 4. The molecule has 0 bridgehead atoms. The summed E-state index contributed by atoms with van der Waals surface area (Å²) in [6.07, 6.45) is 8.73. The number of carbonyl (C=O) groups excluding carboxylic acids is 1. The first-order valence-corrected chi connectivity index (χ1v) is 9.74. The molecule has 4 heterocycles. The maximum atomic E-state index is 12.7. The summed E-state index contributed by atoms with van der Waals surface area (Å²) in [5, 5.41) is 4.25. The molecule has 0 spiro atoms. The van der Waals surface area contributed by atoms with Gasteiger partial charge in [-0.2, -0.15) is 5.10 Å². The Morgan fingerprint density at radius 2 is 2.04 bits per heavy atom. The number of likely N-dealkylation sites (tertiary alicyclic amines) is 1. The van der Waals surface area contributed by atoms with Gasteiger partial charge in [-0.3, -0.25) is 14.5 Å². The van der Waals surface area contributed by atoms with Crippen LogP contribution in [0.5, 0.6) is 0 Å². The number of piperidine rings is 1. The smallest absolute Gasteiger partial charge is 0.274 e. The summed E-state index contributed by atoms with van der Waals surface area (Å²) in [6, 6.07) is 5.99. The Kier molecular flexibility index (Phi) is 4.98. The van der Waals surface area contributed by atoms with Crippen LogP contribution in [0.2, 0.25) is 0 Å². The molecule has 7 heteroatoms. The van der Waals surface area contributed by atoms with Gasteiger partial charge in [-0.05, 0) is 49.8 Å². The molecule has 1 fully saturated rings. The van der Waals surface area contributed by atoms with Gasteiger partial charge in [0.15, 0.2) is 0 Å². The van der Waals surface area contributed by atoms with Crippen molar-refractivity contribution in [2.24, 2.45) is 20.0 Å². The van der Waals surface area contributed by atoms with Gasteiger partial charge in [0.25, 0.3) is 5.91 Å². The SMILES string of the molecule is Cc1ncc(-c2ccc(CC3CCCN(C(=O)c4ccn(C)n4)C3)cn2)n1C. The van der Waals surface area contributed by atoms with Crippen molar-refractivity contribution in [2.45, 2.75) is 26.2 Å². The molecule has 0 aliphatic carbocycles. The highest BCUT2D eigenvalue weighted by atomic mass is 16.2. The van der Waals surface area contributed by atoms with Crippen molar-refractivity contribution in [3.8, 4) is 11.4 Å². The lowest BCUT2D eigenvalue weighted by atomic mass is 9.91. The van der Waals surface area contributed by atoms with Crippen LogP contribution in [0.1, 0.15) is 34.7 Å². The second kappa shape index (κ2) is 7.58. The van der Waals surface area contributed by atoms with Gasteiger partial charge in [-0.25, -0.2) is 4.98 Å². The zero-order valence-corrected chi connectivity index (χ0v) is 16.7. The topological polar surface area (TPSA) is 68.8 Å². The lowest BCUT2D eigenvalue weighted by Crippen LogP contribution is -2.40. The van der Waals surface area contributed by atoms with Gasteiger partial charge < -0.3 is 9.47 Å². The highest BCUT2D eigenvalue weighted by Gasteiger charge is 2.26. The van der Waals surface area contributed by atoms with E-state index in [-0.39, 0.29) is 5.91 Å². The highest BCUT2D eigenvalue weighted by Crippen LogP contribution is 2.23. The minimum absolute atomic E-state index is 0.0327. The molecule has 1 atom stereocenters. The maximum absolute atomic E-state index is 12.7. The van der Waals surface area contributed by atoms with Crippen LogP contribution in [0.3, 0.4) is 0 Å². The summed E-state index contributed by atoms with van der Waals surface area (Å²) >= 11 is 0. The molecule has 1 amide bonds. The van der Waals surface area contributed by atoms with E-state index in [0.717, 1.165) is 49.6 Å². The monoisotopic (exact) mass is 378 g/mol. The van der Waals surface area contributed by atoms with Gasteiger partial charge in [0, 0.05) is 39.6 Å². The van der Waals surface area contributed by atoms with Crippen LogP contribution in [0.25, 0.3) is 11.4 Å².